The fourth-order valence-corrected chi connectivity index (χ4v) is 6.35. The third kappa shape index (κ3) is 11.2. The molecule has 0 aliphatic carbocycles. The quantitative estimate of drug-likeness (QED) is 0.130. The molecule has 9 nitrogen and oxygen atoms in total. The van der Waals surface area contributed by atoms with Gasteiger partial charge in [0.1, 0.15) is 11.6 Å². The van der Waals surface area contributed by atoms with Crippen LogP contribution in [0.25, 0.3) is 0 Å². The van der Waals surface area contributed by atoms with E-state index in [0.717, 1.165) is 31.4 Å². The molecule has 2 atom stereocenters. The smallest absolute Gasteiger partial charge is 0.253 e. The Bertz CT molecular complexity index is 1660. The SMILES string of the molecule is C#Cc1cc(C(=O)NC(Cc2cc(F)cc(F)c2)C(O)CN(CCCC)NS(=O)(=O)c2ccccc2)cc(C(=O)N(CCC)CCC)c1. The van der Waals surface area contributed by atoms with Gasteiger partial charge in [0.25, 0.3) is 21.8 Å². The molecule has 0 aliphatic heterocycles. The topological polar surface area (TPSA) is 119 Å². The van der Waals surface area contributed by atoms with E-state index in [9.17, 15) is 31.9 Å². The standard InChI is InChI=1S/C36H44F2N4O5S/c1-5-9-17-42(40-48(46,47)32-13-11-10-12-14-32)25-34(43)33(22-27-20-30(37)24-31(38)21-27)39-35(44)28-18-26(8-4)19-29(23-28)36(45)41(15-6-2)16-7-3/h4,10-14,18-21,23-24,33-34,40,43H,5-7,9,15-17,22,25H2,1-3H3,(H,39,44). The molecule has 0 aliphatic rings. The van der Waals surface area contributed by atoms with E-state index >= 15 is 0 Å². The number of carbonyl (C=O) groups is 2. The van der Waals surface area contributed by atoms with E-state index in [1.54, 1.807) is 23.1 Å². The molecule has 0 radical (unpaired) electrons. The van der Waals surface area contributed by atoms with Crippen molar-refractivity contribution in [2.75, 3.05) is 26.2 Å². The van der Waals surface area contributed by atoms with Gasteiger partial charge in [0.05, 0.1) is 17.0 Å². The number of hydrogen-bond donors (Lipinski definition) is 3. The summed E-state index contributed by atoms with van der Waals surface area (Å²) in [6.07, 6.45) is 6.84. The van der Waals surface area contributed by atoms with Gasteiger partial charge in [-0.2, -0.15) is 0 Å². The van der Waals surface area contributed by atoms with Crippen LogP contribution in [0.1, 0.15) is 78.3 Å². The van der Waals surface area contributed by atoms with Gasteiger partial charge in [0, 0.05) is 48.9 Å². The Labute approximate surface area is 282 Å². The van der Waals surface area contributed by atoms with E-state index in [2.05, 4.69) is 16.1 Å². The first-order valence-corrected chi connectivity index (χ1v) is 17.6. The number of terminal acetylenes is 1. The molecular weight excluding hydrogens is 638 g/mol. The van der Waals surface area contributed by atoms with Crippen molar-refractivity contribution in [1.29, 1.82) is 0 Å². The molecule has 2 unspecified atom stereocenters. The molecule has 3 N–H and O–H groups in total. The summed E-state index contributed by atoms with van der Waals surface area (Å²) in [4.78, 5) is 31.3. The van der Waals surface area contributed by atoms with Gasteiger partial charge in [-0.1, -0.05) is 51.3 Å². The molecule has 0 saturated heterocycles. The lowest BCUT2D eigenvalue weighted by atomic mass is 9.99. The maximum absolute atomic E-state index is 14.2. The maximum atomic E-state index is 14.2. The maximum Gasteiger partial charge on any atom is 0.253 e. The summed E-state index contributed by atoms with van der Waals surface area (Å²) >= 11 is 0. The first kappa shape index (κ1) is 38.3. The highest BCUT2D eigenvalue weighted by Crippen LogP contribution is 2.17. The van der Waals surface area contributed by atoms with Crippen molar-refractivity contribution in [2.24, 2.45) is 0 Å². The molecular formula is C36H44F2N4O5S. The minimum Gasteiger partial charge on any atom is -0.390 e. The molecule has 2 amide bonds. The molecule has 258 valence electrons. The number of nitrogens with zero attached hydrogens (tertiary/aromatic N) is 2. The van der Waals surface area contributed by atoms with Crippen LogP contribution in [-0.4, -0.2) is 73.6 Å². The van der Waals surface area contributed by atoms with E-state index in [4.69, 9.17) is 6.42 Å². The van der Waals surface area contributed by atoms with E-state index in [-0.39, 0.29) is 47.0 Å². The Morgan fingerprint density at radius 3 is 2.10 bits per heavy atom. The van der Waals surface area contributed by atoms with Crippen molar-refractivity contribution in [3.63, 3.8) is 0 Å². The third-order valence-electron chi connectivity index (χ3n) is 7.53. The number of aliphatic hydroxyl groups excluding tert-OH is 1. The lowest BCUT2D eigenvalue weighted by molar-refractivity contribution is 0.0614. The lowest BCUT2D eigenvalue weighted by Gasteiger charge is -2.30. The number of halogens is 2. The average molecular weight is 683 g/mol. The number of carbonyl (C=O) groups excluding carboxylic acids is 2. The normalized spacial score (nSPS) is 12.7. The number of nitrogens with one attached hydrogen (secondary N) is 2. The Balaban J connectivity index is 1.95. The van der Waals surface area contributed by atoms with Crippen LogP contribution in [-0.2, 0) is 16.4 Å². The summed E-state index contributed by atoms with van der Waals surface area (Å²) in [5.74, 6) is -0.169. The predicted molar refractivity (Wildman–Crippen MR) is 181 cm³/mol. The Morgan fingerprint density at radius 1 is 0.896 bits per heavy atom. The number of hydrogen-bond acceptors (Lipinski definition) is 6. The van der Waals surface area contributed by atoms with Crippen molar-refractivity contribution < 1.29 is 31.9 Å². The Morgan fingerprint density at radius 2 is 1.52 bits per heavy atom. The second-order valence-electron chi connectivity index (χ2n) is 11.6. The second kappa shape index (κ2) is 18.4. The average Bonchev–Trinajstić information content (AvgIpc) is 3.06. The minimum atomic E-state index is -4.01. The zero-order valence-electron chi connectivity index (χ0n) is 27.6. The number of rotatable bonds is 18. The van der Waals surface area contributed by atoms with Crippen molar-refractivity contribution in [1.82, 2.24) is 20.1 Å². The number of unbranched alkanes of at least 4 members (excludes halogenated alkanes) is 1. The van der Waals surface area contributed by atoms with E-state index in [0.29, 0.717) is 31.1 Å². The Hall–Kier alpha value is -4.15. The van der Waals surface area contributed by atoms with Crippen LogP contribution in [0.15, 0.2) is 71.6 Å². The highest BCUT2D eigenvalue weighted by Gasteiger charge is 2.28. The van der Waals surface area contributed by atoms with Gasteiger partial charge in [-0.3, -0.25) is 9.59 Å². The van der Waals surface area contributed by atoms with E-state index in [1.165, 1.54) is 35.3 Å². The van der Waals surface area contributed by atoms with Gasteiger partial charge in [0.2, 0.25) is 0 Å². The van der Waals surface area contributed by atoms with Gasteiger partial charge in [-0.15, -0.1) is 11.3 Å². The third-order valence-corrected chi connectivity index (χ3v) is 8.93. The molecule has 0 saturated carbocycles. The number of hydrazine groups is 1. The molecule has 0 aromatic heterocycles. The van der Waals surface area contributed by atoms with Crippen molar-refractivity contribution in [2.45, 2.75) is 69.9 Å². The van der Waals surface area contributed by atoms with Crippen LogP contribution in [0.3, 0.4) is 0 Å². The first-order valence-electron chi connectivity index (χ1n) is 16.1. The lowest BCUT2D eigenvalue weighted by Crippen LogP contribution is -2.53. The van der Waals surface area contributed by atoms with Gasteiger partial charge in [0.15, 0.2) is 0 Å². The molecule has 48 heavy (non-hydrogen) atoms. The summed E-state index contributed by atoms with van der Waals surface area (Å²) in [6, 6.07) is 13.9. The summed E-state index contributed by atoms with van der Waals surface area (Å²) < 4.78 is 54.6. The van der Waals surface area contributed by atoms with Crippen LogP contribution >= 0.6 is 0 Å². The fraction of sp³-hybridized carbons (Fsp3) is 0.389. The van der Waals surface area contributed by atoms with Gasteiger partial charge in [-0.05, 0) is 73.7 Å². The monoisotopic (exact) mass is 682 g/mol. The summed E-state index contributed by atoms with van der Waals surface area (Å²) in [5, 5.41) is 15.6. The van der Waals surface area contributed by atoms with Crippen molar-refractivity contribution in [3.05, 3.63) is 101 Å². The number of sulfonamides is 1. The molecule has 0 bridgehead atoms. The molecule has 0 heterocycles. The van der Waals surface area contributed by atoms with Gasteiger partial charge in [-0.25, -0.2) is 22.2 Å². The number of aliphatic hydroxyl groups is 1. The molecule has 0 spiro atoms. The molecule has 0 fully saturated rings. The molecule has 12 heteroatoms. The van der Waals surface area contributed by atoms with Crippen LogP contribution in [0.2, 0.25) is 0 Å². The fourth-order valence-electron chi connectivity index (χ4n) is 5.22. The first-order chi connectivity index (χ1) is 22.9. The zero-order valence-corrected chi connectivity index (χ0v) is 28.4. The summed E-state index contributed by atoms with van der Waals surface area (Å²) in [6.45, 7) is 6.85. The summed E-state index contributed by atoms with van der Waals surface area (Å²) in [5.41, 5.74) is 0.731. The predicted octanol–water partition coefficient (Wildman–Crippen LogP) is 4.91. The van der Waals surface area contributed by atoms with Crippen LogP contribution in [0, 0.1) is 24.0 Å². The zero-order chi connectivity index (χ0) is 35.3. The minimum absolute atomic E-state index is 0.0243. The number of benzene rings is 3. The molecule has 3 aromatic rings. The molecule has 3 aromatic carbocycles. The van der Waals surface area contributed by atoms with E-state index < -0.39 is 39.7 Å². The van der Waals surface area contributed by atoms with Gasteiger partial charge >= 0.3 is 0 Å². The second-order valence-corrected chi connectivity index (χ2v) is 13.2. The number of amides is 2. The van der Waals surface area contributed by atoms with Crippen LogP contribution in [0.4, 0.5) is 8.78 Å². The Kier molecular flexibility index (Phi) is 14.7. The van der Waals surface area contributed by atoms with E-state index in [1.807, 2.05) is 20.8 Å². The van der Waals surface area contributed by atoms with Gasteiger partial charge < -0.3 is 15.3 Å². The van der Waals surface area contributed by atoms with Crippen LogP contribution < -0.4 is 10.1 Å². The molecule has 3 rings (SSSR count). The highest BCUT2D eigenvalue weighted by atomic mass is 32.2. The van der Waals surface area contributed by atoms with Crippen LogP contribution in [0.5, 0.6) is 0 Å². The summed E-state index contributed by atoms with van der Waals surface area (Å²) in [7, 11) is -4.01. The highest BCUT2D eigenvalue weighted by molar-refractivity contribution is 7.89. The van der Waals surface area contributed by atoms with Crippen molar-refractivity contribution >= 4 is 21.8 Å². The largest absolute Gasteiger partial charge is 0.390 e. The van der Waals surface area contributed by atoms with Crippen molar-refractivity contribution in [3.8, 4) is 12.3 Å².